The zero-order chi connectivity index (χ0) is 27.7. The maximum Gasteiger partial charge on any atom is 0.244 e. The Hall–Kier alpha value is -3.65. The van der Waals surface area contributed by atoms with Crippen molar-refractivity contribution in [1.82, 2.24) is 10.2 Å². The summed E-state index contributed by atoms with van der Waals surface area (Å²) < 4.78 is 26.7. The molecule has 3 aromatic carbocycles. The lowest BCUT2D eigenvalue weighted by molar-refractivity contribution is -0.140. The standard InChI is InChI=1S/C30H37N3O4S/c1-5-24-16-18-27(19-17-24)33(38(4,36)37)22-29(34)32(21-26-14-10-7-11-15-26)28(30(35)31-23(2)3)20-25-12-8-6-9-13-25/h6-19,23,28H,5,20-22H2,1-4H3,(H,31,35). The molecule has 0 saturated carbocycles. The highest BCUT2D eigenvalue weighted by Crippen LogP contribution is 2.21. The molecule has 0 fully saturated rings. The molecule has 0 aliphatic carbocycles. The molecule has 0 spiro atoms. The van der Waals surface area contributed by atoms with Crippen LogP contribution in [-0.4, -0.2) is 50.0 Å². The molecular weight excluding hydrogens is 498 g/mol. The zero-order valence-corrected chi connectivity index (χ0v) is 23.3. The average Bonchev–Trinajstić information content (AvgIpc) is 2.89. The second-order valence-electron chi connectivity index (χ2n) is 9.67. The predicted octanol–water partition coefficient (Wildman–Crippen LogP) is 4.18. The van der Waals surface area contributed by atoms with Gasteiger partial charge in [-0.25, -0.2) is 8.42 Å². The van der Waals surface area contributed by atoms with E-state index in [1.165, 1.54) is 4.90 Å². The van der Waals surface area contributed by atoms with Crippen LogP contribution in [0.25, 0.3) is 0 Å². The first kappa shape index (κ1) is 28.9. The molecule has 0 bridgehead atoms. The van der Waals surface area contributed by atoms with E-state index in [0.717, 1.165) is 33.7 Å². The number of hydrogen-bond donors (Lipinski definition) is 1. The van der Waals surface area contributed by atoms with Crippen LogP contribution in [0.15, 0.2) is 84.9 Å². The summed E-state index contributed by atoms with van der Waals surface area (Å²) in [4.78, 5) is 28.9. The van der Waals surface area contributed by atoms with Gasteiger partial charge in [0.1, 0.15) is 12.6 Å². The molecule has 2 amide bonds. The van der Waals surface area contributed by atoms with Gasteiger partial charge in [0.15, 0.2) is 0 Å². The minimum atomic E-state index is -3.78. The van der Waals surface area contributed by atoms with Crippen molar-refractivity contribution in [3.63, 3.8) is 0 Å². The lowest BCUT2D eigenvalue weighted by atomic mass is 10.0. The maximum atomic E-state index is 14.0. The van der Waals surface area contributed by atoms with E-state index < -0.39 is 28.5 Å². The molecule has 3 aromatic rings. The van der Waals surface area contributed by atoms with Gasteiger partial charge in [0.25, 0.3) is 0 Å². The molecule has 3 rings (SSSR count). The van der Waals surface area contributed by atoms with Crippen LogP contribution in [0, 0.1) is 0 Å². The second kappa shape index (κ2) is 13.2. The smallest absolute Gasteiger partial charge is 0.244 e. The fourth-order valence-electron chi connectivity index (χ4n) is 4.23. The van der Waals surface area contributed by atoms with Crippen LogP contribution in [-0.2, 0) is 39.0 Å². The van der Waals surface area contributed by atoms with Gasteiger partial charge in [-0.05, 0) is 49.1 Å². The first-order chi connectivity index (χ1) is 18.1. The van der Waals surface area contributed by atoms with E-state index in [1.807, 2.05) is 93.6 Å². The van der Waals surface area contributed by atoms with Gasteiger partial charge in [0, 0.05) is 19.0 Å². The third-order valence-electron chi connectivity index (χ3n) is 6.21. The van der Waals surface area contributed by atoms with Crippen molar-refractivity contribution in [3.8, 4) is 0 Å². The molecule has 0 heterocycles. The fraction of sp³-hybridized carbons (Fsp3) is 0.333. The number of hydrogen-bond acceptors (Lipinski definition) is 4. The van der Waals surface area contributed by atoms with Crippen LogP contribution in [0.2, 0.25) is 0 Å². The Labute approximate surface area is 226 Å². The van der Waals surface area contributed by atoms with Crippen molar-refractivity contribution < 1.29 is 18.0 Å². The summed E-state index contributed by atoms with van der Waals surface area (Å²) in [6, 6.07) is 25.1. The van der Waals surface area contributed by atoms with E-state index in [2.05, 4.69) is 5.32 Å². The molecule has 0 aromatic heterocycles. The Kier molecular flexibility index (Phi) is 10.1. The van der Waals surface area contributed by atoms with Crippen molar-refractivity contribution in [3.05, 3.63) is 102 Å². The molecule has 1 unspecified atom stereocenters. The quantitative estimate of drug-likeness (QED) is 0.377. The summed E-state index contributed by atoms with van der Waals surface area (Å²) in [6.07, 6.45) is 2.19. The van der Waals surface area contributed by atoms with Crippen LogP contribution < -0.4 is 9.62 Å². The summed E-state index contributed by atoms with van der Waals surface area (Å²) in [5, 5.41) is 2.95. The lowest BCUT2D eigenvalue weighted by Crippen LogP contribution is -2.54. The Balaban J connectivity index is 2.02. The first-order valence-corrected chi connectivity index (χ1v) is 14.7. The van der Waals surface area contributed by atoms with Gasteiger partial charge in [0.05, 0.1) is 11.9 Å². The number of carbonyl (C=O) groups excluding carboxylic acids is 2. The predicted molar refractivity (Wildman–Crippen MR) is 152 cm³/mol. The highest BCUT2D eigenvalue weighted by Gasteiger charge is 2.33. The number of aryl methyl sites for hydroxylation is 1. The summed E-state index contributed by atoms with van der Waals surface area (Å²) in [5.41, 5.74) is 3.21. The molecule has 1 atom stereocenters. The highest BCUT2D eigenvalue weighted by molar-refractivity contribution is 7.92. The minimum absolute atomic E-state index is 0.126. The van der Waals surface area contributed by atoms with Gasteiger partial charge in [-0.3, -0.25) is 13.9 Å². The Morgan fingerprint density at radius 3 is 1.87 bits per heavy atom. The van der Waals surface area contributed by atoms with E-state index in [-0.39, 0.29) is 18.5 Å². The number of anilines is 1. The number of nitrogens with one attached hydrogen (secondary N) is 1. The Morgan fingerprint density at radius 1 is 0.816 bits per heavy atom. The first-order valence-electron chi connectivity index (χ1n) is 12.8. The van der Waals surface area contributed by atoms with Gasteiger partial charge in [-0.15, -0.1) is 0 Å². The number of carbonyl (C=O) groups is 2. The lowest BCUT2D eigenvalue weighted by Gasteiger charge is -2.34. The molecule has 0 radical (unpaired) electrons. The highest BCUT2D eigenvalue weighted by atomic mass is 32.2. The molecule has 1 N–H and O–H groups in total. The Morgan fingerprint density at radius 2 is 1.37 bits per heavy atom. The van der Waals surface area contributed by atoms with Crippen molar-refractivity contribution in [1.29, 1.82) is 0 Å². The normalized spacial score (nSPS) is 12.1. The van der Waals surface area contributed by atoms with E-state index in [1.54, 1.807) is 12.1 Å². The van der Waals surface area contributed by atoms with Gasteiger partial charge >= 0.3 is 0 Å². The monoisotopic (exact) mass is 535 g/mol. The van der Waals surface area contributed by atoms with E-state index in [0.29, 0.717) is 12.1 Å². The summed E-state index contributed by atoms with van der Waals surface area (Å²) in [5.74, 6) is -0.745. The van der Waals surface area contributed by atoms with E-state index in [4.69, 9.17) is 0 Å². The van der Waals surface area contributed by atoms with E-state index in [9.17, 15) is 18.0 Å². The van der Waals surface area contributed by atoms with E-state index >= 15 is 0 Å². The third-order valence-corrected chi connectivity index (χ3v) is 7.35. The largest absolute Gasteiger partial charge is 0.352 e. The SMILES string of the molecule is CCc1ccc(N(CC(=O)N(Cc2ccccc2)C(Cc2ccccc2)C(=O)NC(C)C)S(C)(=O)=O)cc1. The van der Waals surface area contributed by atoms with Gasteiger partial charge < -0.3 is 10.2 Å². The number of nitrogens with zero attached hydrogens (tertiary/aromatic N) is 2. The van der Waals surface area contributed by atoms with Crippen molar-refractivity contribution >= 4 is 27.5 Å². The number of amides is 2. The van der Waals surface area contributed by atoms with Crippen molar-refractivity contribution in [2.45, 2.75) is 52.2 Å². The van der Waals surface area contributed by atoms with Crippen LogP contribution in [0.5, 0.6) is 0 Å². The minimum Gasteiger partial charge on any atom is -0.352 e. The van der Waals surface area contributed by atoms with Crippen LogP contribution >= 0.6 is 0 Å². The molecule has 0 aliphatic heterocycles. The maximum absolute atomic E-state index is 14.0. The Bertz CT molecular complexity index is 1290. The molecule has 38 heavy (non-hydrogen) atoms. The van der Waals surface area contributed by atoms with Crippen molar-refractivity contribution in [2.75, 3.05) is 17.1 Å². The zero-order valence-electron chi connectivity index (χ0n) is 22.5. The number of rotatable bonds is 12. The van der Waals surface area contributed by atoms with Crippen LogP contribution in [0.1, 0.15) is 37.5 Å². The van der Waals surface area contributed by atoms with Gasteiger partial charge in [-0.1, -0.05) is 79.7 Å². The van der Waals surface area contributed by atoms with Gasteiger partial charge in [-0.2, -0.15) is 0 Å². The summed E-state index contributed by atoms with van der Waals surface area (Å²) >= 11 is 0. The number of sulfonamides is 1. The molecule has 202 valence electrons. The average molecular weight is 536 g/mol. The molecular formula is C30H37N3O4S. The molecule has 7 nitrogen and oxygen atoms in total. The van der Waals surface area contributed by atoms with Gasteiger partial charge in [0.2, 0.25) is 21.8 Å². The second-order valence-corrected chi connectivity index (χ2v) is 11.6. The van der Waals surface area contributed by atoms with Crippen LogP contribution in [0.4, 0.5) is 5.69 Å². The summed E-state index contributed by atoms with van der Waals surface area (Å²) in [6.45, 7) is 5.49. The molecule has 0 aliphatic rings. The fourth-order valence-corrected chi connectivity index (χ4v) is 5.08. The van der Waals surface area contributed by atoms with Crippen molar-refractivity contribution in [2.24, 2.45) is 0 Å². The summed E-state index contributed by atoms with van der Waals surface area (Å²) in [7, 11) is -3.78. The van der Waals surface area contributed by atoms with Crippen LogP contribution in [0.3, 0.4) is 0 Å². The number of benzene rings is 3. The third kappa shape index (κ3) is 8.18. The molecule has 8 heteroatoms. The molecule has 0 saturated heterocycles. The topological polar surface area (TPSA) is 86.8 Å².